The van der Waals surface area contributed by atoms with Gasteiger partial charge in [0, 0.05) is 24.2 Å². The van der Waals surface area contributed by atoms with Gasteiger partial charge in [-0.1, -0.05) is 17.7 Å². The lowest BCUT2D eigenvalue weighted by atomic mass is 10.1. The minimum Gasteiger partial charge on any atom is -0.309 e. The maximum atomic E-state index is 6.03. The molecule has 0 aromatic heterocycles. The first-order valence-corrected chi connectivity index (χ1v) is 7.45. The van der Waals surface area contributed by atoms with Gasteiger partial charge in [-0.2, -0.15) is 0 Å². The molecule has 2 aliphatic rings. The van der Waals surface area contributed by atoms with Gasteiger partial charge in [0.2, 0.25) is 0 Å². The topological polar surface area (TPSA) is 15.3 Å². The molecule has 1 heterocycles. The number of nitrogens with one attached hydrogen (secondary N) is 1. The first-order valence-electron chi connectivity index (χ1n) is 7.07. The average molecular weight is 265 g/mol. The van der Waals surface area contributed by atoms with E-state index in [2.05, 4.69) is 22.3 Å². The molecule has 0 saturated carbocycles. The third kappa shape index (κ3) is 2.71. The molecule has 0 bridgehead atoms. The molecule has 1 aromatic carbocycles. The van der Waals surface area contributed by atoms with Crippen molar-refractivity contribution in [2.45, 2.75) is 31.7 Å². The Balaban J connectivity index is 1.53. The van der Waals surface area contributed by atoms with Gasteiger partial charge in [-0.25, -0.2) is 0 Å². The highest BCUT2D eigenvalue weighted by molar-refractivity contribution is 6.30. The lowest BCUT2D eigenvalue weighted by Crippen LogP contribution is -2.31. The van der Waals surface area contributed by atoms with Crippen LogP contribution in [0.4, 0.5) is 0 Å². The zero-order chi connectivity index (χ0) is 12.4. The van der Waals surface area contributed by atoms with E-state index in [4.69, 9.17) is 11.6 Å². The normalized spacial score (nSPS) is 23.5. The number of nitrogens with zero attached hydrogens (tertiary/aromatic N) is 1. The number of halogens is 1. The summed E-state index contributed by atoms with van der Waals surface area (Å²) in [6.07, 6.45) is 5.14. The molecule has 1 aliphatic carbocycles. The van der Waals surface area contributed by atoms with Gasteiger partial charge in [0.1, 0.15) is 0 Å². The summed E-state index contributed by atoms with van der Waals surface area (Å²) in [6, 6.07) is 6.87. The van der Waals surface area contributed by atoms with Crippen LogP contribution in [0.1, 0.15) is 36.4 Å². The van der Waals surface area contributed by atoms with Crippen molar-refractivity contribution in [2.75, 3.05) is 26.2 Å². The van der Waals surface area contributed by atoms with E-state index in [1.54, 1.807) is 0 Å². The fraction of sp³-hybridized carbons (Fsp3) is 0.600. The van der Waals surface area contributed by atoms with Crippen molar-refractivity contribution in [3.8, 4) is 0 Å². The minimum absolute atomic E-state index is 0.542. The second-order valence-corrected chi connectivity index (χ2v) is 5.87. The van der Waals surface area contributed by atoms with Crippen LogP contribution >= 0.6 is 11.6 Å². The van der Waals surface area contributed by atoms with Crippen molar-refractivity contribution in [1.29, 1.82) is 0 Å². The molecule has 18 heavy (non-hydrogen) atoms. The number of rotatable bonds is 4. The summed E-state index contributed by atoms with van der Waals surface area (Å²) >= 11 is 6.03. The van der Waals surface area contributed by atoms with Gasteiger partial charge < -0.3 is 10.2 Å². The van der Waals surface area contributed by atoms with Crippen LogP contribution in [-0.2, 0) is 6.42 Å². The summed E-state index contributed by atoms with van der Waals surface area (Å²) in [5.41, 5.74) is 2.89. The van der Waals surface area contributed by atoms with Crippen LogP contribution in [0, 0.1) is 0 Å². The molecule has 1 atom stereocenters. The van der Waals surface area contributed by atoms with Crippen LogP contribution in [0.3, 0.4) is 0 Å². The van der Waals surface area contributed by atoms with Crippen LogP contribution in [-0.4, -0.2) is 31.1 Å². The van der Waals surface area contributed by atoms with Crippen molar-refractivity contribution in [3.05, 3.63) is 34.3 Å². The highest BCUT2D eigenvalue weighted by Crippen LogP contribution is 2.32. The number of benzene rings is 1. The van der Waals surface area contributed by atoms with Crippen LogP contribution in [0.15, 0.2) is 18.2 Å². The SMILES string of the molecule is Clc1ccc2c(c1)CCC2NCCN1CCCC1. The molecule has 0 radical (unpaired) electrons. The average Bonchev–Trinajstić information content (AvgIpc) is 2.99. The van der Waals surface area contributed by atoms with Gasteiger partial charge in [0.05, 0.1) is 0 Å². The molecule has 3 rings (SSSR count). The quantitative estimate of drug-likeness (QED) is 0.899. The fourth-order valence-electron chi connectivity index (χ4n) is 3.20. The molecular weight excluding hydrogens is 244 g/mol. The Hall–Kier alpha value is -0.570. The Morgan fingerprint density at radius 1 is 1.28 bits per heavy atom. The van der Waals surface area contributed by atoms with Gasteiger partial charge in [-0.15, -0.1) is 0 Å². The van der Waals surface area contributed by atoms with E-state index in [1.165, 1.54) is 50.0 Å². The monoisotopic (exact) mass is 264 g/mol. The number of hydrogen-bond donors (Lipinski definition) is 1. The summed E-state index contributed by atoms with van der Waals surface area (Å²) in [7, 11) is 0. The second kappa shape index (κ2) is 5.60. The van der Waals surface area contributed by atoms with E-state index in [0.29, 0.717) is 6.04 Å². The molecule has 1 aliphatic heterocycles. The van der Waals surface area contributed by atoms with E-state index in [1.807, 2.05) is 6.07 Å². The Labute approximate surface area is 114 Å². The molecule has 1 saturated heterocycles. The van der Waals surface area contributed by atoms with Crippen LogP contribution < -0.4 is 5.32 Å². The van der Waals surface area contributed by atoms with Gasteiger partial charge in [0.15, 0.2) is 0 Å². The Kier molecular flexibility index (Phi) is 3.88. The van der Waals surface area contributed by atoms with Gasteiger partial charge >= 0.3 is 0 Å². The van der Waals surface area contributed by atoms with Crippen molar-refractivity contribution in [1.82, 2.24) is 10.2 Å². The van der Waals surface area contributed by atoms with Crippen molar-refractivity contribution in [2.24, 2.45) is 0 Å². The highest BCUT2D eigenvalue weighted by Gasteiger charge is 2.22. The van der Waals surface area contributed by atoms with Crippen LogP contribution in [0.25, 0.3) is 0 Å². The zero-order valence-electron chi connectivity index (χ0n) is 10.8. The van der Waals surface area contributed by atoms with Gasteiger partial charge in [-0.3, -0.25) is 0 Å². The van der Waals surface area contributed by atoms with E-state index in [9.17, 15) is 0 Å². The maximum absolute atomic E-state index is 6.03. The van der Waals surface area contributed by atoms with Crippen LogP contribution in [0.2, 0.25) is 5.02 Å². The Morgan fingerprint density at radius 3 is 2.94 bits per heavy atom. The number of likely N-dealkylation sites (tertiary alicyclic amines) is 1. The summed E-state index contributed by atoms with van der Waals surface area (Å²) in [5, 5.41) is 4.57. The fourth-order valence-corrected chi connectivity index (χ4v) is 3.40. The second-order valence-electron chi connectivity index (χ2n) is 5.44. The predicted molar refractivity (Wildman–Crippen MR) is 76.2 cm³/mol. The number of aryl methyl sites for hydroxylation is 1. The van der Waals surface area contributed by atoms with Crippen LogP contribution in [0.5, 0.6) is 0 Å². The van der Waals surface area contributed by atoms with E-state index in [-0.39, 0.29) is 0 Å². The third-order valence-electron chi connectivity index (χ3n) is 4.20. The van der Waals surface area contributed by atoms with E-state index < -0.39 is 0 Å². The molecule has 0 amide bonds. The standard InChI is InChI=1S/C15H21ClN2/c16-13-4-5-14-12(11-13)3-6-15(14)17-7-10-18-8-1-2-9-18/h4-5,11,15,17H,1-3,6-10H2. The molecule has 1 aromatic rings. The minimum atomic E-state index is 0.542. The van der Waals surface area contributed by atoms with Crippen molar-refractivity contribution in [3.63, 3.8) is 0 Å². The lowest BCUT2D eigenvalue weighted by molar-refractivity contribution is 0.327. The number of fused-ring (bicyclic) bond motifs is 1. The summed E-state index contributed by atoms with van der Waals surface area (Å²) in [4.78, 5) is 2.56. The molecule has 1 unspecified atom stereocenters. The van der Waals surface area contributed by atoms with Crippen molar-refractivity contribution < 1.29 is 0 Å². The first kappa shape index (κ1) is 12.5. The van der Waals surface area contributed by atoms with E-state index >= 15 is 0 Å². The van der Waals surface area contributed by atoms with Gasteiger partial charge in [0.25, 0.3) is 0 Å². The highest BCUT2D eigenvalue weighted by atomic mass is 35.5. The number of hydrogen-bond acceptors (Lipinski definition) is 2. The largest absolute Gasteiger partial charge is 0.309 e. The molecular formula is C15H21ClN2. The maximum Gasteiger partial charge on any atom is 0.0408 e. The van der Waals surface area contributed by atoms with Gasteiger partial charge in [-0.05, 0) is 62.0 Å². The van der Waals surface area contributed by atoms with E-state index in [0.717, 1.165) is 18.0 Å². The smallest absolute Gasteiger partial charge is 0.0408 e. The zero-order valence-corrected chi connectivity index (χ0v) is 11.5. The summed E-state index contributed by atoms with van der Waals surface area (Å²) < 4.78 is 0. The first-order chi connectivity index (χ1) is 8.83. The molecule has 1 N–H and O–H groups in total. The predicted octanol–water partition coefficient (Wildman–Crippen LogP) is 3.01. The molecule has 2 nitrogen and oxygen atoms in total. The summed E-state index contributed by atoms with van der Waals surface area (Å²) in [6.45, 7) is 4.88. The molecule has 98 valence electrons. The lowest BCUT2D eigenvalue weighted by Gasteiger charge is -2.18. The Morgan fingerprint density at radius 2 is 2.11 bits per heavy atom. The molecule has 1 fully saturated rings. The third-order valence-corrected chi connectivity index (χ3v) is 4.44. The van der Waals surface area contributed by atoms with Crippen molar-refractivity contribution >= 4 is 11.6 Å². The molecule has 0 spiro atoms. The molecule has 3 heteroatoms. The Bertz CT molecular complexity index is 413. The summed E-state index contributed by atoms with van der Waals surface area (Å²) in [5.74, 6) is 0.